The van der Waals surface area contributed by atoms with Crippen LogP contribution in [0.4, 0.5) is 5.69 Å². The molecule has 0 saturated carbocycles. The van der Waals surface area contributed by atoms with Crippen molar-refractivity contribution >= 4 is 11.4 Å². The number of aryl methyl sites for hydroxylation is 1. The molecular weight excluding hydrogens is 348 g/mol. The molecule has 0 unspecified atom stereocenters. The van der Waals surface area contributed by atoms with Gasteiger partial charge in [-0.1, -0.05) is 0 Å². The molecule has 3 heterocycles. The number of imidazole rings is 1. The van der Waals surface area contributed by atoms with Gasteiger partial charge in [0, 0.05) is 29.7 Å². The molecule has 8 heteroatoms. The summed E-state index contributed by atoms with van der Waals surface area (Å²) in [5.74, 6) is 2.19. The van der Waals surface area contributed by atoms with Gasteiger partial charge in [-0.25, -0.2) is 9.66 Å². The van der Waals surface area contributed by atoms with Crippen LogP contribution in [-0.2, 0) is 6.42 Å². The lowest BCUT2D eigenvalue weighted by molar-refractivity contribution is -0.384. The minimum Gasteiger partial charge on any atom is -0.454 e. The molecule has 134 valence electrons. The maximum Gasteiger partial charge on any atom is 0.269 e. The number of rotatable bonds is 2. The van der Waals surface area contributed by atoms with E-state index in [0.717, 1.165) is 28.2 Å². The van der Waals surface area contributed by atoms with Crippen molar-refractivity contribution in [1.82, 2.24) is 9.66 Å². The summed E-state index contributed by atoms with van der Waals surface area (Å²) >= 11 is 0. The zero-order valence-electron chi connectivity index (χ0n) is 14.4. The largest absolute Gasteiger partial charge is 0.454 e. The van der Waals surface area contributed by atoms with Crippen molar-refractivity contribution in [2.45, 2.75) is 13.3 Å². The van der Waals surface area contributed by atoms with Crippen molar-refractivity contribution in [2.24, 2.45) is 5.10 Å². The standard InChI is InChI=1S/C19H14N4O4/c1-11-9-20-18-7-13-6-16-17(27-10-26-16)8-15(13)19(21-22(11)18)12-2-4-14(5-3-12)23(24)25/h2-6,8-9H,7,10H2,1H3. The summed E-state index contributed by atoms with van der Waals surface area (Å²) in [6, 6.07) is 10.3. The molecule has 2 aliphatic rings. The van der Waals surface area contributed by atoms with E-state index >= 15 is 0 Å². The van der Waals surface area contributed by atoms with E-state index in [-0.39, 0.29) is 12.5 Å². The summed E-state index contributed by atoms with van der Waals surface area (Å²) in [5.41, 5.74) is 4.36. The zero-order chi connectivity index (χ0) is 18.5. The summed E-state index contributed by atoms with van der Waals surface area (Å²) in [5, 5.41) is 15.8. The normalized spacial score (nSPS) is 14.2. The molecule has 0 amide bonds. The Morgan fingerprint density at radius 3 is 2.63 bits per heavy atom. The fourth-order valence-electron chi connectivity index (χ4n) is 3.37. The monoisotopic (exact) mass is 362 g/mol. The highest BCUT2D eigenvalue weighted by Gasteiger charge is 2.25. The molecule has 0 aliphatic carbocycles. The van der Waals surface area contributed by atoms with Crippen LogP contribution in [0.15, 0.2) is 47.7 Å². The molecular formula is C19H14N4O4. The maximum atomic E-state index is 11.0. The van der Waals surface area contributed by atoms with Gasteiger partial charge in [-0.05, 0) is 36.8 Å². The number of nitro groups is 1. The van der Waals surface area contributed by atoms with Crippen LogP contribution in [0.1, 0.15) is 28.2 Å². The Hall–Kier alpha value is -3.68. The highest BCUT2D eigenvalue weighted by molar-refractivity contribution is 6.14. The second-order valence-electron chi connectivity index (χ2n) is 6.42. The third-order valence-corrected chi connectivity index (χ3v) is 4.73. The van der Waals surface area contributed by atoms with Crippen LogP contribution < -0.4 is 9.47 Å². The van der Waals surface area contributed by atoms with Crippen LogP contribution in [0.2, 0.25) is 0 Å². The van der Waals surface area contributed by atoms with Gasteiger partial charge in [0.25, 0.3) is 5.69 Å². The molecule has 8 nitrogen and oxygen atoms in total. The van der Waals surface area contributed by atoms with Gasteiger partial charge in [0.15, 0.2) is 11.5 Å². The molecule has 0 atom stereocenters. The average Bonchev–Trinajstić information content (AvgIpc) is 3.21. The molecule has 0 spiro atoms. The predicted molar refractivity (Wildman–Crippen MR) is 96.5 cm³/mol. The molecule has 0 fully saturated rings. The van der Waals surface area contributed by atoms with Crippen LogP contribution >= 0.6 is 0 Å². The topological polar surface area (TPSA) is 91.8 Å². The summed E-state index contributed by atoms with van der Waals surface area (Å²) in [4.78, 5) is 15.0. The van der Waals surface area contributed by atoms with Gasteiger partial charge >= 0.3 is 0 Å². The van der Waals surface area contributed by atoms with E-state index in [0.29, 0.717) is 23.6 Å². The number of hydrogen-bond donors (Lipinski definition) is 0. The van der Waals surface area contributed by atoms with Crippen molar-refractivity contribution < 1.29 is 14.4 Å². The molecule has 0 bridgehead atoms. The molecule has 0 saturated heterocycles. The minimum atomic E-state index is -0.414. The van der Waals surface area contributed by atoms with E-state index in [1.54, 1.807) is 18.3 Å². The highest BCUT2D eigenvalue weighted by Crippen LogP contribution is 2.37. The molecule has 2 aliphatic heterocycles. The number of ether oxygens (including phenoxy) is 2. The van der Waals surface area contributed by atoms with Crippen molar-refractivity contribution in [3.63, 3.8) is 0 Å². The van der Waals surface area contributed by atoms with E-state index in [1.165, 1.54) is 12.1 Å². The summed E-state index contributed by atoms with van der Waals surface area (Å²) < 4.78 is 12.9. The Morgan fingerprint density at radius 1 is 1.15 bits per heavy atom. The average molecular weight is 362 g/mol. The lowest BCUT2D eigenvalue weighted by atomic mass is 9.95. The number of aromatic nitrogens is 2. The van der Waals surface area contributed by atoms with Gasteiger partial charge in [-0.2, -0.15) is 5.10 Å². The van der Waals surface area contributed by atoms with Crippen LogP contribution in [0, 0.1) is 17.0 Å². The Balaban J connectivity index is 1.73. The van der Waals surface area contributed by atoms with Gasteiger partial charge in [-0.3, -0.25) is 10.1 Å². The maximum absolute atomic E-state index is 11.0. The number of hydrogen-bond acceptors (Lipinski definition) is 6. The number of nitro benzene ring substituents is 1. The summed E-state index contributed by atoms with van der Waals surface area (Å²) in [6.07, 6.45) is 2.38. The Morgan fingerprint density at radius 2 is 1.89 bits per heavy atom. The third kappa shape index (κ3) is 2.45. The summed E-state index contributed by atoms with van der Waals surface area (Å²) in [7, 11) is 0. The Labute approximate surface area is 153 Å². The van der Waals surface area contributed by atoms with Crippen LogP contribution in [-0.4, -0.2) is 27.1 Å². The smallest absolute Gasteiger partial charge is 0.269 e. The molecule has 3 aromatic rings. The van der Waals surface area contributed by atoms with Gasteiger partial charge in [0.2, 0.25) is 6.79 Å². The van der Waals surface area contributed by atoms with Gasteiger partial charge in [-0.15, -0.1) is 0 Å². The number of benzene rings is 2. The van der Waals surface area contributed by atoms with Crippen LogP contribution in [0.3, 0.4) is 0 Å². The van der Waals surface area contributed by atoms with E-state index < -0.39 is 4.92 Å². The minimum absolute atomic E-state index is 0.0402. The van der Waals surface area contributed by atoms with Crippen LogP contribution in [0.5, 0.6) is 11.5 Å². The third-order valence-electron chi connectivity index (χ3n) is 4.73. The SMILES string of the molecule is Cc1cnc2n1N=C(c1ccc([N+](=O)[O-])cc1)c1cc3c(cc1C2)OCO3. The second kappa shape index (κ2) is 5.66. The first-order valence-electron chi connectivity index (χ1n) is 8.40. The first-order chi connectivity index (χ1) is 13.1. The van der Waals surface area contributed by atoms with E-state index in [1.807, 2.05) is 23.7 Å². The number of fused-ring (bicyclic) bond motifs is 3. The molecule has 0 N–H and O–H groups in total. The predicted octanol–water partition coefficient (Wildman–Crippen LogP) is 3.03. The first kappa shape index (κ1) is 15.6. The molecule has 0 radical (unpaired) electrons. The molecule has 5 rings (SSSR count). The molecule has 27 heavy (non-hydrogen) atoms. The highest BCUT2D eigenvalue weighted by atomic mass is 16.7. The van der Waals surface area contributed by atoms with Gasteiger partial charge in [0.1, 0.15) is 5.82 Å². The fourth-order valence-corrected chi connectivity index (χ4v) is 3.37. The quantitative estimate of drug-likeness (QED) is 0.404. The van der Waals surface area contributed by atoms with E-state index in [9.17, 15) is 10.1 Å². The Bertz CT molecular complexity index is 1120. The molecule has 1 aromatic heterocycles. The molecule has 2 aromatic carbocycles. The Kier molecular flexibility index (Phi) is 3.27. The van der Waals surface area contributed by atoms with Gasteiger partial charge < -0.3 is 9.47 Å². The van der Waals surface area contributed by atoms with Gasteiger partial charge in [0.05, 0.1) is 22.5 Å². The zero-order valence-corrected chi connectivity index (χ0v) is 14.4. The second-order valence-corrected chi connectivity index (χ2v) is 6.42. The van der Waals surface area contributed by atoms with Crippen LogP contribution in [0.25, 0.3) is 0 Å². The van der Waals surface area contributed by atoms with Crippen molar-refractivity contribution in [3.8, 4) is 11.5 Å². The van der Waals surface area contributed by atoms with E-state index in [4.69, 9.17) is 14.6 Å². The lowest BCUT2D eigenvalue weighted by Crippen LogP contribution is -2.07. The number of nitrogens with zero attached hydrogens (tertiary/aromatic N) is 4. The van der Waals surface area contributed by atoms with Crippen molar-refractivity contribution in [2.75, 3.05) is 6.79 Å². The first-order valence-corrected chi connectivity index (χ1v) is 8.40. The lowest BCUT2D eigenvalue weighted by Gasteiger charge is -2.11. The van der Waals surface area contributed by atoms with Crippen molar-refractivity contribution in [3.05, 3.63) is 80.9 Å². The fraction of sp³-hybridized carbons (Fsp3) is 0.158. The number of non-ortho nitro benzene ring substituents is 1. The van der Waals surface area contributed by atoms with Crippen molar-refractivity contribution in [1.29, 1.82) is 0 Å². The summed E-state index contributed by atoms with van der Waals surface area (Å²) in [6.45, 7) is 2.13. The van der Waals surface area contributed by atoms with E-state index in [2.05, 4.69) is 4.98 Å².